The standard InChI is InChI=1S/C28H26N2O2S/c31-26(19-32-21-12-5-2-6-13-21)30-18-23-22-14-7-8-16-25(22)33-28(23)29-17-9-15-24(29)27(30)20-10-3-1-4-11-20/h1-6,9-13,15,17,27H,7-8,14,16,18-19H2/t27-/m0/s1. The first kappa shape index (κ1) is 20.3. The fraction of sp³-hybridized carbons (Fsp3) is 0.250. The van der Waals surface area contributed by atoms with Gasteiger partial charge in [0.05, 0.1) is 18.3 Å². The second-order valence-electron chi connectivity index (χ2n) is 8.73. The van der Waals surface area contributed by atoms with Crippen molar-refractivity contribution in [1.82, 2.24) is 9.47 Å². The van der Waals surface area contributed by atoms with Gasteiger partial charge in [0.1, 0.15) is 10.8 Å². The Hall–Kier alpha value is -3.31. The third-order valence-corrected chi connectivity index (χ3v) is 8.05. The Balaban J connectivity index is 1.44. The van der Waals surface area contributed by atoms with E-state index in [0.29, 0.717) is 12.3 Å². The molecule has 2 aromatic heterocycles. The Bertz CT molecular complexity index is 1280. The molecule has 6 rings (SSSR count). The van der Waals surface area contributed by atoms with Crippen LogP contribution in [0.5, 0.6) is 5.75 Å². The first-order valence-corrected chi connectivity index (χ1v) is 12.4. The van der Waals surface area contributed by atoms with Crippen molar-refractivity contribution in [3.63, 3.8) is 0 Å². The Labute approximate surface area is 198 Å². The van der Waals surface area contributed by atoms with Gasteiger partial charge in [-0.05, 0) is 61.1 Å². The van der Waals surface area contributed by atoms with Crippen LogP contribution in [0.15, 0.2) is 79.0 Å². The smallest absolute Gasteiger partial charge is 0.261 e. The van der Waals surface area contributed by atoms with Crippen molar-refractivity contribution < 1.29 is 9.53 Å². The molecule has 3 heterocycles. The minimum Gasteiger partial charge on any atom is -0.484 e. The second-order valence-corrected chi connectivity index (χ2v) is 9.82. The molecular formula is C28H26N2O2S. The van der Waals surface area contributed by atoms with Gasteiger partial charge >= 0.3 is 0 Å². The molecule has 0 saturated heterocycles. The van der Waals surface area contributed by atoms with Crippen LogP contribution < -0.4 is 4.74 Å². The number of aromatic nitrogens is 1. The molecule has 4 nitrogen and oxygen atoms in total. The van der Waals surface area contributed by atoms with E-state index in [4.69, 9.17) is 4.74 Å². The molecule has 0 saturated carbocycles. The highest BCUT2D eigenvalue weighted by molar-refractivity contribution is 7.15. The number of thiophene rings is 1. The van der Waals surface area contributed by atoms with Crippen LogP contribution in [-0.4, -0.2) is 22.0 Å². The molecule has 0 radical (unpaired) electrons. The van der Waals surface area contributed by atoms with Crippen LogP contribution in [-0.2, 0) is 24.2 Å². The van der Waals surface area contributed by atoms with Crippen molar-refractivity contribution in [3.05, 3.63) is 106 Å². The number of rotatable bonds is 4. The first-order chi connectivity index (χ1) is 16.3. The van der Waals surface area contributed by atoms with Crippen molar-refractivity contribution in [2.24, 2.45) is 0 Å². The highest BCUT2D eigenvalue weighted by Gasteiger charge is 2.35. The zero-order valence-electron chi connectivity index (χ0n) is 18.4. The molecule has 166 valence electrons. The van der Waals surface area contributed by atoms with Crippen molar-refractivity contribution in [1.29, 1.82) is 0 Å². The molecule has 0 unspecified atom stereocenters. The normalized spacial score (nSPS) is 17.0. The van der Waals surface area contributed by atoms with E-state index in [1.807, 2.05) is 64.8 Å². The van der Waals surface area contributed by atoms with Crippen LogP contribution in [0.3, 0.4) is 0 Å². The van der Waals surface area contributed by atoms with Crippen LogP contribution in [0.25, 0.3) is 5.00 Å². The molecule has 2 aromatic carbocycles. The number of fused-ring (bicyclic) bond motifs is 5. The van der Waals surface area contributed by atoms with E-state index < -0.39 is 0 Å². The minimum absolute atomic E-state index is 0.00376. The number of hydrogen-bond acceptors (Lipinski definition) is 3. The number of aryl methyl sites for hydroxylation is 1. The highest BCUT2D eigenvalue weighted by Crippen LogP contribution is 2.43. The van der Waals surface area contributed by atoms with E-state index in [-0.39, 0.29) is 18.6 Å². The molecule has 1 amide bonds. The fourth-order valence-electron chi connectivity index (χ4n) is 5.16. The number of carbonyl (C=O) groups is 1. The lowest BCUT2D eigenvalue weighted by Gasteiger charge is -2.31. The van der Waals surface area contributed by atoms with Crippen molar-refractivity contribution >= 4 is 17.2 Å². The van der Waals surface area contributed by atoms with Gasteiger partial charge in [0.25, 0.3) is 5.91 Å². The summed E-state index contributed by atoms with van der Waals surface area (Å²) in [5.41, 5.74) is 5.04. The zero-order chi connectivity index (χ0) is 22.2. The average molecular weight is 455 g/mol. The predicted molar refractivity (Wildman–Crippen MR) is 131 cm³/mol. The molecule has 5 heteroatoms. The molecule has 1 atom stereocenters. The quantitative estimate of drug-likeness (QED) is 0.383. The number of benzene rings is 2. The van der Waals surface area contributed by atoms with Gasteiger partial charge in [0.2, 0.25) is 0 Å². The van der Waals surface area contributed by atoms with Gasteiger partial charge < -0.3 is 14.2 Å². The Morgan fingerprint density at radius 3 is 2.48 bits per heavy atom. The summed E-state index contributed by atoms with van der Waals surface area (Å²) >= 11 is 1.91. The summed E-state index contributed by atoms with van der Waals surface area (Å²) in [5, 5.41) is 1.28. The van der Waals surface area contributed by atoms with Gasteiger partial charge in [-0.25, -0.2) is 0 Å². The maximum atomic E-state index is 13.7. The van der Waals surface area contributed by atoms with Crippen molar-refractivity contribution in [2.45, 2.75) is 38.3 Å². The SMILES string of the molecule is O=C(COc1ccccc1)N1Cc2c(sc3c2CCCC3)-n2cccc2[C@@H]1c1ccccc1. The summed E-state index contributed by atoms with van der Waals surface area (Å²) in [6, 6.07) is 24.0. The molecule has 0 N–H and O–H groups in total. The van der Waals surface area contributed by atoms with Crippen LogP contribution in [0, 0.1) is 0 Å². The van der Waals surface area contributed by atoms with E-state index in [0.717, 1.165) is 24.1 Å². The third kappa shape index (κ3) is 3.66. The van der Waals surface area contributed by atoms with Gasteiger partial charge in [0.15, 0.2) is 6.61 Å². The van der Waals surface area contributed by atoms with Crippen LogP contribution in [0.1, 0.15) is 46.1 Å². The molecule has 1 aliphatic heterocycles. The number of amides is 1. The maximum Gasteiger partial charge on any atom is 0.261 e. The van der Waals surface area contributed by atoms with Crippen molar-refractivity contribution in [3.8, 4) is 10.8 Å². The average Bonchev–Trinajstić information content (AvgIpc) is 3.45. The monoisotopic (exact) mass is 454 g/mol. The first-order valence-electron chi connectivity index (χ1n) is 11.6. The van der Waals surface area contributed by atoms with Crippen LogP contribution in [0.2, 0.25) is 0 Å². The maximum absolute atomic E-state index is 13.7. The van der Waals surface area contributed by atoms with E-state index in [9.17, 15) is 4.79 Å². The highest BCUT2D eigenvalue weighted by atomic mass is 32.1. The fourth-order valence-corrected chi connectivity index (χ4v) is 6.56. The summed E-state index contributed by atoms with van der Waals surface area (Å²) in [6.07, 6.45) is 6.89. The third-order valence-electron chi connectivity index (χ3n) is 6.72. The Morgan fingerprint density at radius 1 is 0.909 bits per heavy atom. The van der Waals surface area contributed by atoms with Gasteiger partial charge in [-0.1, -0.05) is 48.5 Å². The number of para-hydroxylation sites is 1. The number of ether oxygens (including phenoxy) is 1. The largest absolute Gasteiger partial charge is 0.484 e. The van der Waals surface area contributed by atoms with Crippen LogP contribution >= 0.6 is 11.3 Å². The summed E-state index contributed by atoms with van der Waals surface area (Å²) < 4.78 is 8.22. The molecule has 4 aromatic rings. The summed E-state index contributed by atoms with van der Waals surface area (Å²) in [7, 11) is 0. The number of carbonyl (C=O) groups excluding carboxylic acids is 1. The lowest BCUT2D eigenvalue weighted by Crippen LogP contribution is -2.38. The van der Waals surface area contributed by atoms with Gasteiger partial charge in [-0.2, -0.15) is 0 Å². The molecular weight excluding hydrogens is 428 g/mol. The lowest BCUT2D eigenvalue weighted by atomic mass is 9.95. The summed E-state index contributed by atoms with van der Waals surface area (Å²) in [6.45, 7) is 0.634. The minimum atomic E-state index is -0.160. The molecule has 2 aliphatic rings. The molecule has 33 heavy (non-hydrogen) atoms. The number of nitrogens with zero attached hydrogens (tertiary/aromatic N) is 2. The van der Waals surface area contributed by atoms with E-state index in [2.05, 4.69) is 35.0 Å². The number of hydrogen-bond donors (Lipinski definition) is 0. The van der Waals surface area contributed by atoms with Gasteiger partial charge in [0, 0.05) is 16.6 Å². The van der Waals surface area contributed by atoms with E-state index in [1.54, 1.807) is 0 Å². The van der Waals surface area contributed by atoms with Crippen LogP contribution in [0.4, 0.5) is 0 Å². The van der Waals surface area contributed by atoms with E-state index in [1.165, 1.54) is 33.8 Å². The molecule has 1 aliphatic carbocycles. The second kappa shape index (κ2) is 8.56. The molecule has 0 spiro atoms. The summed E-state index contributed by atoms with van der Waals surface area (Å²) in [4.78, 5) is 17.3. The molecule has 0 fully saturated rings. The van der Waals surface area contributed by atoms with Crippen molar-refractivity contribution in [2.75, 3.05) is 6.61 Å². The Morgan fingerprint density at radius 2 is 1.67 bits per heavy atom. The Kier molecular flexibility index (Phi) is 5.27. The van der Waals surface area contributed by atoms with Gasteiger partial charge in [-0.3, -0.25) is 4.79 Å². The zero-order valence-corrected chi connectivity index (χ0v) is 19.3. The predicted octanol–water partition coefficient (Wildman–Crippen LogP) is 5.93. The lowest BCUT2D eigenvalue weighted by molar-refractivity contribution is -0.135. The molecule has 0 bridgehead atoms. The van der Waals surface area contributed by atoms with Gasteiger partial charge in [-0.15, -0.1) is 11.3 Å². The van der Waals surface area contributed by atoms with E-state index >= 15 is 0 Å². The summed E-state index contributed by atoms with van der Waals surface area (Å²) in [5.74, 6) is 0.720. The topological polar surface area (TPSA) is 34.5 Å².